The molecular weight excluding hydrogens is 358 g/mol. The number of rotatable bonds is 0. The van der Waals surface area contributed by atoms with Crippen LogP contribution in [0.4, 0.5) is 0 Å². The average molecular weight is 373 g/mol. The Labute approximate surface area is 166 Å². The molecule has 7 rings (SSSR count). The molecule has 0 amide bonds. The van der Waals surface area contributed by atoms with Gasteiger partial charge in [-0.1, -0.05) is 72.8 Å². The molecule has 0 atom stereocenters. The molecule has 0 unspecified atom stereocenters. The van der Waals surface area contributed by atoms with Crippen LogP contribution in [-0.4, -0.2) is 4.98 Å². The molecule has 3 aromatic carbocycles. The van der Waals surface area contributed by atoms with E-state index in [0.29, 0.717) is 0 Å². The van der Waals surface area contributed by atoms with E-state index >= 15 is 0 Å². The summed E-state index contributed by atoms with van der Waals surface area (Å²) in [5.74, 6) is 0. The topological polar surface area (TPSA) is 12.9 Å². The molecule has 2 heterocycles. The second kappa shape index (κ2) is 4.98. The van der Waals surface area contributed by atoms with Crippen LogP contribution >= 0.6 is 11.3 Å². The predicted molar refractivity (Wildman–Crippen MR) is 116 cm³/mol. The van der Waals surface area contributed by atoms with Crippen molar-refractivity contribution in [2.24, 2.45) is 0 Å². The minimum atomic E-state index is -0.264. The Hall–Kier alpha value is -3.23. The van der Waals surface area contributed by atoms with Crippen LogP contribution in [0.1, 0.15) is 21.6 Å². The van der Waals surface area contributed by atoms with Crippen LogP contribution in [0.2, 0.25) is 0 Å². The Bertz CT molecular complexity index is 1380. The van der Waals surface area contributed by atoms with Crippen LogP contribution in [0.25, 0.3) is 33.2 Å². The third-order valence-electron chi connectivity index (χ3n) is 6.39. The highest BCUT2D eigenvalue weighted by Crippen LogP contribution is 2.64. The van der Waals surface area contributed by atoms with Gasteiger partial charge in [-0.15, -0.1) is 11.3 Å². The molecule has 2 aliphatic rings. The Morgan fingerprint density at radius 3 is 2.14 bits per heavy atom. The van der Waals surface area contributed by atoms with Gasteiger partial charge in [0.05, 0.1) is 11.1 Å². The smallest absolute Gasteiger partial charge is 0.0840 e. The van der Waals surface area contributed by atoms with Crippen molar-refractivity contribution in [2.75, 3.05) is 0 Å². The minimum absolute atomic E-state index is 0.264. The van der Waals surface area contributed by atoms with Gasteiger partial charge in [-0.2, -0.15) is 0 Å². The summed E-state index contributed by atoms with van der Waals surface area (Å²) in [6.07, 6.45) is 2.03. The molecule has 0 saturated carbocycles. The van der Waals surface area contributed by atoms with E-state index in [1.165, 1.54) is 49.0 Å². The summed E-state index contributed by atoms with van der Waals surface area (Å²) in [4.78, 5) is 6.38. The number of hydrogen-bond donors (Lipinski definition) is 0. The Morgan fingerprint density at radius 2 is 1.36 bits per heavy atom. The first kappa shape index (κ1) is 14.8. The Balaban J connectivity index is 1.78. The van der Waals surface area contributed by atoms with E-state index < -0.39 is 0 Å². The zero-order valence-corrected chi connectivity index (χ0v) is 15.8. The highest BCUT2D eigenvalue weighted by molar-refractivity contribution is 7.11. The van der Waals surface area contributed by atoms with Gasteiger partial charge in [0.1, 0.15) is 0 Å². The number of pyridine rings is 1. The molecule has 0 aliphatic heterocycles. The fourth-order valence-corrected chi connectivity index (χ4v) is 6.53. The van der Waals surface area contributed by atoms with Crippen molar-refractivity contribution in [3.8, 4) is 22.4 Å². The molecule has 28 heavy (non-hydrogen) atoms. The van der Waals surface area contributed by atoms with Crippen molar-refractivity contribution >= 4 is 22.1 Å². The zero-order chi connectivity index (χ0) is 18.3. The number of benzene rings is 3. The minimum Gasteiger partial charge on any atom is -0.255 e. The van der Waals surface area contributed by atoms with Gasteiger partial charge >= 0.3 is 0 Å². The van der Waals surface area contributed by atoms with Gasteiger partial charge in [-0.05, 0) is 39.1 Å². The Morgan fingerprint density at radius 1 is 0.679 bits per heavy atom. The van der Waals surface area contributed by atoms with Crippen molar-refractivity contribution in [3.05, 3.63) is 112 Å². The molecule has 0 bridgehead atoms. The molecule has 0 N–H and O–H groups in total. The van der Waals surface area contributed by atoms with Gasteiger partial charge in [0.25, 0.3) is 0 Å². The Kier molecular flexibility index (Phi) is 2.63. The van der Waals surface area contributed by atoms with Crippen LogP contribution in [0.15, 0.2) is 90.4 Å². The van der Waals surface area contributed by atoms with Crippen LogP contribution in [0, 0.1) is 0 Å². The maximum absolute atomic E-state index is 4.97. The van der Waals surface area contributed by atoms with E-state index in [2.05, 4.69) is 84.2 Å². The number of hydrogen-bond acceptors (Lipinski definition) is 2. The molecule has 130 valence electrons. The first-order valence-corrected chi connectivity index (χ1v) is 10.4. The lowest BCUT2D eigenvalue weighted by atomic mass is 9.73. The monoisotopic (exact) mass is 373 g/mol. The third-order valence-corrected chi connectivity index (χ3v) is 7.42. The molecular formula is C26H15NS. The maximum Gasteiger partial charge on any atom is 0.0840 e. The van der Waals surface area contributed by atoms with Gasteiger partial charge in [0.15, 0.2) is 0 Å². The fourth-order valence-electron chi connectivity index (χ4n) is 5.40. The van der Waals surface area contributed by atoms with Crippen molar-refractivity contribution in [1.82, 2.24) is 4.98 Å². The molecule has 1 nitrogen and oxygen atoms in total. The van der Waals surface area contributed by atoms with Crippen LogP contribution in [-0.2, 0) is 5.41 Å². The zero-order valence-electron chi connectivity index (χ0n) is 15.0. The highest BCUT2D eigenvalue weighted by Gasteiger charge is 2.53. The van der Waals surface area contributed by atoms with Crippen LogP contribution in [0.5, 0.6) is 0 Å². The summed E-state index contributed by atoms with van der Waals surface area (Å²) >= 11 is 1.86. The van der Waals surface area contributed by atoms with E-state index in [4.69, 9.17) is 4.98 Å². The van der Waals surface area contributed by atoms with Crippen LogP contribution in [0.3, 0.4) is 0 Å². The van der Waals surface area contributed by atoms with Gasteiger partial charge in [-0.25, -0.2) is 0 Å². The summed E-state index contributed by atoms with van der Waals surface area (Å²) < 4.78 is 0. The maximum atomic E-state index is 4.97. The summed E-state index contributed by atoms with van der Waals surface area (Å²) in [7, 11) is 0. The predicted octanol–water partition coefficient (Wildman–Crippen LogP) is 6.64. The van der Waals surface area contributed by atoms with Gasteiger partial charge < -0.3 is 0 Å². The summed E-state index contributed by atoms with van der Waals surface area (Å²) in [6, 6.07) is 28.8. The normalized spacial score (nSPS) is 14.7. The number of thiophene rings is 1. The number of nitrogens with zero attached hydrogens (tertiary/aromatic N) is 1. The SMILES string of the molecule is c1ccc2c(c1)-c1ccccc1C21c2sccc2-c2ncc3ccccc3c21. The van der Waals surface area contributed by atoms with Crippen molar-refractivity contribution in [1.29, 1.82) is 0 Å². The van der Waals surface area contributed by atoms with Gasteiger partial charge in [0.2, 0.25) is 0 Å². The first-order chi connectivity index (χ1) is 13.9. The van der Waals surface area contributed by atoms with E-state index in [-0.39, 0.29) is 5.41 Å². The lowest BCUT2D eigenvalue weighted by molar-refractivity contribution is 0.817. The highest BCUT2D eigenvalue weighted by atomic mass is 32.1. The van der Waals surface area contributed by atoms with E-state index in [1.54, 1.807) is 0 Å². The van der Waals surface area contributed by atoms with E-state index in [1.807, 2.05) is 17.5 Å². The number of aromatic nitrogens is 1. The molecule has 0 saturated heterocycles. The molecule has 0 radical (unpaired) electrons. The largest absolute Gasteiger partial charge is 0.255 e. The van der Waals surface area contributed by atoms with Crippen molar-refractivity contribution in [3.63, 3.8) is 0 Å². The van der Waals surface area contributed by atoms with E-state index in [0.717, 1.165) is 5.69 Å². The van der Waals surface area contributed by atoms with Gasteiger partial charge in [0, 0.05) is 27.6 Å². The second-order valence-corrected chi connectivity index (χ2v) is 8.49. The van der Waals surface area contributed by atoms with Crippen molar-refractivity contribution in [2.45, 2.75) is 5.41 Å². The standard InChI is InChI=1S/C26H15NS/c1-2-8-17-16(7-1)15-27-24-20-13-14-28-25(20)26(23(17)24)21-11-5-3-9-18(21)19-10-4-6-12-22(19)26/h1-15H. The summed E-state index contributed by atoms with van der Waals surface area (Å²) in [5.41, 5.74) is 8.98. The van der Waals surface area contributed by atoms with E-state index in [9.17, 15) is 0 Å². The quantitative estimate of drug-likeness (QED) is 0.290. The first-order valence-electron chi connectivity index (χ1n) is 9.56. The molecule has 5 aromatic rings. The second-order valence-electron chi connectivity index (χ2n) is 7.57. The molecule has 2 aliphatic carbocycles. The number of fused-ring (bicyclic) bond motifs is 12. The third kappa shape index (κ3) is 1.50. The fraction of sp³-hybridized carbons (Fsp3) is 0.0385. The average Bonchev–Trinajstić information content (AvgIpc) is 3.42. The van der Waals surface area contributed by atoms with Crippen molar-refractivity contribution < 1.29 is 0 Å². The van der Waals surface area contributed by atoms with Gasteiger partial charge in [-0.3, -0.25) is 4.98 Å². The molecule has 2 heteroatoms. The molecule has 1 spiro atoms. The lowest BCUT2D eigenvalue weighted by Crippen LogP contribution is -2.25. The summed E-state index contributed by atoms with van der Waals surface area (Å²) in [6.45, 7) is 0. The molecule has 2 aromatic heterocycles. The lowest BCUT2D eigenvalue weighted by Gasteiger charge is -2.29. The summed E-state index contributed by atoms with van der Waals surface area (Å²) in [5, 5.41) is 4.73. The van der Waals surface area contributed by atoms with Crippen LogP contribution < -0.4 is 0 Å². The molecule has 0 fully saturated rings.